The van der Waals surface area contributed by atoms with Crippen molar-refractivity contribution >= 4 is 28.1 Å². The fourth-order valence-electron chi connectivity index (χ4n) is 3.37. The van der Waals surface area contributed by atoms with Crippen molar-refractivity contribution < 1.29 is 8.42 Å². The zero-order chi connectivity index (χ0) is 18.4. The molecule has 2 atom stereocenters. The molecule has 0 bridgehead atoms. The number of halogens is 1. The summed E-state index contributed by atoms with van der Waals surface area (Å²) < 4.78 is 26.5. The van der Waals surface area contributed by atoms with Crippen molar-refractivity contribution in [1.82, 2.24) is 10.6 Å². The summed E-state index contributed by atoms with van der Waals surface area (Å²) in [5.41, 5.74) is 2.90. The van der Waals surface area contributed by atoms with Crippen molar-refractivity contribution in [2.24, 2.45) is 0 Å². The van der Waals surface area contributed by atoms with Gasteiger partial charge in [0, 0.05) is 18.6 Å². The second-order valence-corrected chi connectivity index (χ2v) is 8.65. The van der Waals surface area contributed by atoms with E-state index in [1.54, 1.807) is 6.92 Å². The first kappa shape index (κ1) is 21.7. The number of sulfonamides is 1. The summed E-state index contributed by atoms with van der Waals surface area (Å²) in [6, 6.07) is 18.6. The van der Waals surface area contributed by atoms with Crippen LogP contribution in [0.15, 0.2) is 54.6 Å². The molecule has 1 aliphatic rings. The van der Waals surface area contributed by atoms with Crippen LogP contribution in [0, 0.1) is 0 Å². The van der Waals surface area contributed by atoms with Crippen LogP contribution in [0.2, 0.25) is 0 Å². The van der Waals surface area contributed by atoms with Gasteiger partial charge in [-0.1, -0.05) is 48.5 Å². The van der Waals surface area contributed by atoms with Crippen LogP contribution in [-0.4, -0.2) is 26.8 Å². The molecule has 148 valence electrons. The van der Waals surface area contributed by atoms with E-state index < -0.39 is 10.0 Å². The SMILES string of the molecule is CCS(=O)(=O)Nc1ccccc1CN[C@H]1CCCN[C@H]1c1ccccc1.Cl. The number of benzene rings is 2. The van der Waals surface area contributed by atoms with Gasteiger partial charge < -0.3 is 10.6 Å². The van der Waals surface area contributed by atoms with Crippen molar-refractivity contribution in [3.8, 4) is 0 Å². The molecule has 2 aromatic rings. The Morgan fingerprint density at radius 3 is 2.52 bits per heavy atom. The molecule has 0 saturated carbocycles. The van der Waals surface area contributed by atoms with E-state index in [0.717, 1.165) is 24.9 Å². The third-order valence-corrected chi connectivity index (χ3v) is 6.13. The highest BCUT2D eigenvalue weighted by Crippen LogP contribution is 2.25. The maximum absolute atomic E-state index is 11.9. The van der Waals surface area contributed by atoms with Crippen LogP contribution < -0.4 is 15.4 Å². The summed E-state index contributed by atoms with van der Waals surface area (Å²) >= 11 is 0. The molecule has 3 N–H and O–H groups in total. The van der Waals surface area contributed by atoms with Gasteiger partial charge in [-0.05, 0) is 43.5 Å². The quantitative estimate of drug-likeness (QED) is 0.655. The molecule has 0 aromatic heterocycles. The second-order valence-electron chi connectivity index (χ2n) is 6.63. The lowest BCUT2D eigenvalue weighted by atomic mass is 9.92. The molecule has 5 nitrogen and oxygen atoms in total. The number of hydrogen-bond acceptors (Lipinski definition) is 4. The molecule has 3 rings (SSSR count). The number of para-hydroxylation sites is 1. The third kappa shape index (κ3) is 5.94. The fraction of sp³-hybridized carbons (Fsp3) is 0.400. The summed E-state index contributed by atoms with van der Waals surface area (Å²) in [6.45, 7) is 3.28. The Morgan fingerprint density at radius 2 is 1.78 bits per heavy atom. The summed E-state index contributed by atoms with van der Waals surface area (Å²) in [6.07, 6.45) is 2.22. The van der Waals surface area contributed by atoms with Crippen LogP contribution in [-0.2, 0) is 16.6 Å². The lowest BCUT2D eigenvalue weighted by Crippen LogP contribution is -2.45. The zero-order valence-corrected chi connectivity index (χ0v) is 17.2. The normalized spacial score (nSPS) is 19.9. The maximum atomic E-state index is 11.9. The van der Waals surface area contributed by atoms with Crippen molar-refractivity contribution in [2.45, 2.75) is 38.4 Å². The van der Waals surface area contributed by atoms with Crippen molar-refractivity contribution in [2.75, 3.05) is 17.0 Å². The van der Waals surface area contributed by atoms with E-state index >= 15 is 0 Å². The van der Waals surface area contributed by atoms with Gasteiger partial charge in [-0.25, -0.2) is 8.42 Å². The molecular weight excluding hydrogens is 382 g/mol. The molecule has 0 aliphatic carbocycles. The van der Waals surface area contributed by atoms with Gasteiger partial charge in [-0.2, -0.15) is 0 Å². The third-order valence-electron chi connectivity index (χ3n) is 4.83. The lowest BCUT2D eigenvalue weighted by Gasteiger charge is -2.34. The van der Waals surface area contributed by atoms with Gasteiger partial charge in [0.2, 0.25) is 10.0 Å². The Balaban J connectivity index is 0.00000261. The zero-order valence-electron chi connectivity index (χ0n) is 15.5. The highest BCUT2D eigenvalue weighted by Gasteiger charge is 2.25. The van der Waals surface area contributed by atoms with E-state index in [1.165, 1.54) is 5.56 Å². The average Bonchev–Trinajstić information content (AvgIpc) is 2.68. The molecule has 7 heteroatoms. The molecular formula is C20H28ClN3O2S. The van der Waals surface area contributed by atoms with Gasteiger partial charge in [-0.15, -0.1) is 12.4 Å². The van der Waals surface area contributed by atoms with Gasteiger partial charge in [0.15, 0.2) is 0 Å². The van der Waals surface area contributed by atoms with E-state index in [-0.39, 0.29) is 24.2 Å². The van der Waals surface area contributed by atoms with Crippen LogP contribution in [0.5, 0.6) is 0 Å². The Labute approximate surface area is 168 Å². The number of rotatable bonds is 7. The topological polar surface area (TPSA) is 70.2 Å². The molecule has 2 aromatic carbocycles. The van der Waals surface area contributed by atoms with Gasteiger partial charge in [0.1, 0.15) is 0 Å². The smallest absolute Gasteiger partial charge is 0.232 e. The maximum Gasteiger partial charge on any atom is 0.232 e. The van der Waals surface area contributed by atoms with Gasteiger partial charge in [-0.3, -0.25) is 4.72 Å². The first-order valence-electron chi connectivity index (χ1n) is 9.19. The van der Waals surface area contributed by atoms with E-state index in [9.17, 15) is 8.42 Å². The van der Waals surface area contributed by atoms with Gasteiger partial charge in [0.25, 0.3) is 0 Å². The Kier molecular flexibility index (Phi) is 8.10. The minimum absolute atomic E-state index is 0. The number of hydrogen-bond donors (Lipinski definition) is 3. The van der Waals surface area contributed by atoms with Crippen LogP contribution in [0.25, 0.3) is 0 Å². The Morgan fingerprint density at radius 1 is 1.07 bits per heavy atom. The monoisotopic (exact) mass is 409 g/mol. The Bertz CT molecular complexity index is 815. The average molecular weight is 410 g/mol. The van der Waals surface area contributed by atoms with Crippen LogP contribution in [0.4, 0.5) is 5.69 Å². The van der Waals surface area contributed by atoms with Crippen molar-refractivity contribution in [3.05, 3.63) is 65.7 Å². The minimum Gasteiger partial charge on any atom is -0.309 e. The molecule has 0 spiro atoms. The molecule has 1 fully saturated rings. The first-order valence-corrected chi connectivity index (χ1v) is 10.8. The van der Waals surface area contributed by atoms with E-state index in [2.05, 4.69) is 39.6 Å². The summed E-state index contributed by atoms with van der Waals surface area (Å²) in [7, 11) is -3.28. The summed E-state index contributed by atoms with van der Waals surface area (Å²) in [5.74, 6) is 0.0669. The predicted octanol–water partition coefficient (Wildman–Crippen LogP) is 3.45. The van der Waals surface area contributed by atoms with Gasteiger partial charge >= 0.3 is 0 Å². The summed E-state index contributed by atoms with van der Waals surface area (Å²) in [4.78, 5) is 0. The predicted molar refractivity (Wildman–Crippen MR) is 114 cm³/mol. The Hall–Kier alpha value is -1.60. The van der Waals surface area contributed by atoms with Crippen molar-refractivity contribution in [3.63, 3.8) is 0 Å². The molecule has 1 heterocycles. The largest absolute Gasteiger partial charge is 0.309 e. The van der Waals surface area contributed by atoms with Crippen LogP contribution >= 0.6 is 12.4 Å². The van der Waals surface area contributed by atoms with Gasteiger partial charge in [0.05, 0.1) is 11.4 Å². The minimum atomic E-state index is -3.28. The molecule has 0 unspecified atom stereocenters. The number of piperidine rings is 1. The molecule has 1 aliphatic heterocycles. The van der Waals surface area contributed by atoms with Crippen LogP contribution in [0.3, 0.4) is 0 Å². The highest BCUT2D eigenvalue weighted by molar-refractivity contribution is 7.92. The standard InChI is InChI=1S/C20H27N3O2S.ClH/c1-2-26(24,25)23-18-12-7-6-11-17(18)15-22-19-13-8-14-21-20(19)16-9-4-3-5-10-16;/h3-7,9-12,19-23H,2,8,13-15H2,1H3;1H/t19-,20-;/m0./s1. The molecule has 1 saturated heterocycles. The molecule has 0 amide bonds. The van der Waals surface area contributed by atoms with Crippen molar-refractivity contribution in [1.29, 1.82) is 0 Å². The molecule has 27 heavy (non-hydrogen) atoms. The number of anilines is 1. The number of nitrogens with one attached hydrogen (secondary N) is 3. The van der Waals surface area contributed by atoms with Crippen LogP contribution in [0.1, 0.15) is 36.9 Å². The second kappa shape index (κ2) is 10.1. The highest BCUT2D eigenvalue weighted by atomic mass is 35.5. The summed E-state index contributed by atoms with van der Waals surface area (Å²) in [5, 5.41) is 7.24. The van der Waals surface area contributed by atoms with E-state index in [0.29, 0.717) is 18.3 Å². The van der Waals surface area contributed by atoms with E-state index in [1.807, 2.05) is 30.3 Å². The van der Waals surface area contributed by atoms with E-state index in [4.69, 9.17) is 0 Å². The lowest BCUT2D eigenvalue weighted by molar-refractivity contribution is 0.305. The fourth-order valence-corrected chi connectivity index (χ4v) is 4.05. The molecule has 0 radical (unpaired) electrons. The first-order chi connectivity index (χ1) is 12.6.